The van der Waals surface area contributed by atoms with E-state index in [0.29, 0.717) is 11.8 Å². The fourth-order valence-electron chi connectivity index (χ4n) is 3.93. The number of benzene rings is 2. The van der Waals surface area contributed by atoms with Crippen LogP contribution < -0.4 is 5.32 Å². The molecule has 0 saturated heterocycles. The minimum absolute atomic E-state index is 0.0915. The van der Waals surface area contributed by atoms with Crippen LogP contribution in [0.2, 0.25) is 0 Å². The molecule has 2 N–H and O–H groups in total. The molecule has 10 heteroatoms. The molecule has 0 unspecified atom stereocenters. The number of halogens is 4. The summed E-state index contributed by atoms with van der Waals surface area (Å²) in [7, 11) is 0. The topological polar surface area (TPSA) is 84.2 Å². The van der Waals surface area contributed by atoms with Gasteiger partial charge >= 0.3 is 12.1 Å². The smallest absolute Gasteiger partial charge is 0.416 e. The second-order valence-corrected chi connectivity index (χ2v) is 9.68. The van der Waals surface area contributed by atoms with Crippen LogP contribution in [0.4, 0.5) is 23.2 Å². The summed E-state index contributed by atoms with van der Waals surface area (Å²) in [4.78, 5) is 29.3. The van der Waals surface area contributed by atoms with Crippen LogP contribution in [0.25, 0.3) is 5.69 Å². The second-order valence-electron chi connectivity index (χ2n) is 9.68. The Labute approximate surface area is 198 Å². The number of carboxylic acid groups (broad SMARTS) is 1. The van der Waals surface area contributed by atoms with Crippen molar-refractivity contribution in [2.45, 2.75) is 50.6 Å². The summed E-state index contributed by atoms with van der Waals surface area (Å²) in [6.07, 6.45) is -0.943. The first kappa shape index (κ1) is 24.4. The van der Waals surface area contributed by atoms with Crippen molar-refractivity contribution in [2.75, 3.05) is 5.32 Å². The highest BCUT2D eigenvalue weighted by Gasteiger charge is 2.53. The van der Waals surface area contributed by atoms with Gasteiger partial charge in [-0.25, -0.2) is 14.2 Å². The number of anilines is 1. The largest absolute Gasteiger partial charge is 0.478 e. The van der Waals surface area contributed by atoms with Crippen molar-refractivity contribution in [1.29, 1.82) is 0 Å². The molecule has 3 aromatic rings. The lowest BCUT2D eigenvalue weighted by Crippen LogP contribution is -2.29. The van der Waals surface area contributed by atoms with E-state index in [1.807, 2.05) is 20.8 Å². The zero-order valence-corrected chi connectivity index (χ0v) is 19.2. The summed E-state index contributed by atoms with van der Waals surface area (Å²) in [5.41, 5.74) is -1.61. The summed E-state index contributed by atoms with van der Waals surface area (Å²) in [6, 6.07) is 6.44. The van der Waals surface area contributed by atoms with Crippen LogP contribution >= 0.6 is 0 Å². The summed E-state index contributed by atoms with van der Waals surface area (Å²) in [5, 5.41) is 12.3. The minimum atomic E-state index is -4.70. The summed E-state index contributed by atoms with van der Waals surface area (Å²) < 4.78 is 54.8. The number of rotatable bonds is 5. The molecule has 4 rings (SSSR count). The van der Waals surface area contributed by atoms with E-state index in [1.54, 1.807) is 10.8 Å². The standard InChI is InChI=1S/C25H23F4N3O3/c1-23(2,3)20-12-32(13-30-20)19-7-5-15(11-16(19)21(33)34)31-22(35)24(8-9-24)17-6-4-14(10-18(17)26)25(27,28)29/h4-7,10-13H,8-9H2,1-3H3,(H,31,35)(H,33,34). The molecule has 1 fully saturated rings. The van der Waals surface area contributed by atoms with Crippen molar-refractivity contribution < 1.29 is 32.3 Å². The third kappa shape index (κ3) is 4.65. The van der Waals surface area contributed by atoms with Gasteiger partial charge in [0.15, 0.2) is 0 Å². The molecule has 6 nitrogen and oxygen atoms in total. The Kier molecular flexibility index (Phi) is 5.73. The summed E-state index contributed by atoms with van der Waals surface area (Å²) in [6.45, 7) is 5.93. The van der Waals surface area contributed by atoms with Crippen LogP contribution in [0, 0.1) is 5.82 Å². The Morgan fingerprint density at radius 3 is 2.29 bits per heavy atom. The summed E-state index contributed by atoms with van der Waals surface area (Å²) >= 11 is 0. The average Bonchev–Trinajstić information content (AvgIpc) is 3.40. The highest BCUT2D eigenvalue weighted by atomic mass is 19.4. The molecule has 1 heterocycles. The molecule has 1 aliphatic rings. The van der Waals surface area contributed by atoms with Gasteiger partial charge < -0.3 is 15.0 Å². The van der Waals surface area contributed by atoms with Crippen molar-refractivity contribution >= 4 is 17.6 Å². The van der Waals surface area contributed by atoms with Crippen molar-refractivity contribution in [3.8, 4) is 5.69 Å². The van der Waals surface area contributed by atoms with Crippen molar-refractivity contribution in [2.24, 2.45) is 0 Å². The van der Waals surface area contributed by atoms with Crippen molar-refractivity contribution in [1.82, 2.24) is 9.55 Å². The van der Waals surface area contributed by atoms with Crippen LogP contribution in [0.3, 0.4) is 0 Å². The first-order chi connectivity index (χ1) is 16.2. The van der Waals surface area contributed by atoms with E-state index < -0.39 is 34.8 Å². The number of carboxylic acids is 1. The van der Waals surface area contributed by atoms with Gasteiger partial charge in [0.2, 0.25) is 5.91 Å². The number of nitrogens with zero attached hydrogens (tertiary/aromatic N) is 2. The van der Waals surface area contributed by atoms with Crippen LogP contribution in [-0.2, 0) is 21.8 Å². The number of hydrogen-bond donors (Lipinski definition) is 2. The maximum Gasteiger partial charge on any atom is 0.416 e. The van der Waals surface area contributed by atoms with E-state index >= 15 is 0 Å². The van der Waals surface area contributed by atoms with Crippen molar-refractivity contribution in [3.63, 3.8) is 0 Å². The Morgan fingerprint density at radius 2 is 1.77 bits per heavy atom. The molecule has 2 aromatic carbocycles. The summed E-state index contributed by atoms with van der Waals surface area (Å²) in [5.74, 6) is -2.95. The molecule has 0 bridgehead atoms. The lowest BCUT2D eigenvalue weighted by Gasteiger charge is -2.18. The van der Waals surface area contributed by atoms with Crippen LogP contribution in [0.5, 0.6) is 0 Å². The molecular weight excluding hydrogens is 466 g/mol. The van der Waals surface area contributed by atoms with E-state index in [0.717, 1.165) is 17.8 Å². The molecule has 1 amide bonds. The normalized spacial score (nSPS) is 15.1. The molecule has 184 valence electrons. The minimum Gasteiger partial charge on any atom is -0.478 e. The number of aromatic nitrogens is 2. The Hall–Kier alpha value is -3.69. The number of nitrogens with one attached hydrogen (secondary N) is 1. The van der Waals surface area contributed by atoms with Gasteiger partial charge in [-0.1, -0.05) is 26.8 Å². The molecular formula is C25H23F4N3O3. The van der Waals surface area contributed by atoms with Crippen LogP contribution in [-0.4, -0.2) is 26.5 Å². The van der Waals surface area contributed by atoms with Gasteiger partial charge in [0.25, 0.3) is 0 Å². The van der Waals surface area contributed by atoms with Gasteiger partial charge in [-0.3, -0.25) is 4.79 Å². The zero-order chi connectivity index (χ0) is 25.8. The number of imidazole rings is 1. The predicted octanol–water partition coefficient (Wildman–Crippen LogP) is 5.70. The van der Waals surface area contributed by atoms with Crippen molar-refractivity contribution in [3.05, 3.63) is 77.1 Å². The number of carbonyl (C=O) groups excluding carboxylic acids is 1. The number of carbonyl (C=O) groups is 2. The van der Waals surface area contributed by atoms with Gasteiger partial charge in [0.05, 0.1) is 34.3 Å². The van der Waals surface area contributed by atoms with Gasteiger partial charge in [-0.15, -0.1) is 0 Å². The van der Waals surface area contributed by atoms with Gasteiger partial charge in [-0.2, -0.15) is 13.2 Å². The van der Waals surface area contributed by atoms with Gasteiger partial charge in [0, 0.05) is 22.9 Å². The van der Waals surface area contributed by atoms with Crippen LogP contribution in [0.1, 0.15) is 60.8 Å². The highest BCUT2D eigenvalue weighted by Crippen LogP contribution is 2.50. The Morgan fingerprint density at radius 1 is 1.09 bits per heavy atom. The quantitative estimate of drug-likeness (QED) is 0.451. The number of hydrogen-bond acceptors (Lipinski definition) is 3. The average molecular weight is 489 g/mol. The molecule has 0 atom stereocenters. The van der Waals surface area contributed by atoms with E-state index in [-0.39, 0.29) is 35.1 Å². The number of aromatic carboxylic acids is 1. The maximum absolute atomic E-state index is 14.5. The zero-order valence-electron chi connectivity index (χ0n) is 19.2. The van der Waals surface area contributed by atoms with E-state index in [1.165, 1.54) is 24.5 Å². The molecule has 1 aliphatic carbocycles. The first-order valence-corrected chi connectivity index (χ1v) is 10.8. The fraction of sp³-hybridized carbons (Fsp3) is 0.320. The van der Waals surface area contributed by atoms with Gasteiger partial charge in [0.1, 0.15) is 5.82 Å². The molecule has 1 saturated carbocycles. The third-order valence-corrected chi connectivity index (χ3v) is 6.11. The third-order valence-electron chi connectivity index (χ3n) is 6.11. The molecule has 0 radical (unpaired) electrons. The number of alkyl halides is 3. The highest BCUT2D eigenvalue weighted by molar-refractivity contribution is 6.02. The van der Waals surface area contributed by atoms with E-state index in [4.69, 9.17) is 0 Å². The fourth-order valence-corrected chi connectivity index (χ4v) is 3.93. The Balaban J connectivity index is 1.61. The second kappa shape index (κ2) is 8.21. The SMILES string of the molecule is CC(C)(C)c1cn(-c2ccc(NC(=O)C3(c4ccc(C(F)(F)F)cc4F)CC3)cc2C(=O)O)cn1. The van der Waals surface area contributed by atoms with Gasteiger partial charge in [-0.05, 0) is 43.2 Å². The molecule has 0 spiro atoms. The predicted molar refractivity (Wildman–Crippen MR) is 120 cm³/mol. The molecule has 1 aromatic heterocycles. The monoisotopic (exact) mass is 489 g/mol. The molecule has 0 aliphatic heterocycles. The lowest BCUT2D eigenvalue weighted by molar-refractivity contribution is -0.137. The first-order valence-electron chi connectivity index (χ1n) is 10.8. The molecule has 35 heavy (non-hydrogen) atoms. The van der Waals surface area contributed by atoms with E-state index in [9.17, 15) is 32.3 Å². The van der Waals surface area contributed by atoms with Crippen LogP contribution in [0.15, 0.2) is 48.9 Å². The maximum atomic E-state index is 14.5. The number of amides is 1. The van der Waals surface area contributed by atoms with E-state index in [2.05, 4.69) is 10.3 Å². The Bertz CT molecular complexity index is 1320. The lowest BCUT2D eigenvalue weighted by atomic mass is 9.93.